The number of nitrogens with two attached hydrogens (primary N) is 1. The fourth-order valence-corrected chi connectivity index (χ4v) is 7.25. The number of aliphatic hydroxyl groups excluding tert-OH is 1. The molecule has 0 spiro atoms. The summed E-state index contributed by atoms with van der Waals surface area (Å²) in [6.45, 7) is 1.86. The molecule has 1 aliphatic heterocycles. The number of benzene rings is 2. The monoisotopic (exact) mass is 580 g/mol. The summed E-state index contributed by atoms with van der Waals surface area (Å²) in [6.07, 6.45) is -1.38. The molecule has 0 bridgehead atoms. The summed E-state index contributed by atoms with van der Waals surface area (Å²) in [5, 5.41) is 17.3. The fraction of sp³-hybridized carbons (Fsp3) is 0.367. The van der Waals surface area contributed by atoms with Gasteiger partial charge >= 0.3 is 0 Å². The number of H-pyrrole nitrogens is 1. The van der Waals surface area contributed by atoms with Crippen LogP contribution in [0.2, 0.25) is 5.02 Å². The third-order valence-corrected chi connectivity index (χ3v) is 9.50. The maximum absolute atomic E-state index is 14.7. The van der Waals surface area contributed by atoms with Gasteiger partial charge in [-0.15, -0.1) is 0 Å². The van der Waals surface area contributed by atoms with Gasteiger partial charge in [-0.1, -0.05) is 41.9 Å². The first kappa shape index (κ1) is 26.4. The molecule has 1 saturated carbocycles. The molecule has 3 heterocycles. The van der Waals surface area contributed by atoms with E-state index in [1.807, 2.05) is 12.1 Å². The van der Waals surface area contributed by atoms with Crippen molar-refractivity contribution in [2.45, 2.75) is 36.7 Å². The number of halogens is 4. The van der Waals surface area contributed by atoms with E-state index in [9.17, 15) is 18.3 Å². The van der Waals surface area contributed by atoms with Crippen LogP contribution < -0.4 is 10.6 Å². The second kappa shape index (κ2) is 9.82. The maximum atomic E-state index is 14.7. The molecule has 4 aromatic rings. The minimum absolute atomic E-state index is 0.0956. The normalized spacial score (nSPS) is 29.4. The Labute approximate surface area is 239 Å². The summed E-state index contributed by atoms with van der Waals surface area (Å²) in [5.74, 6) is 1.06. The lowest BCUT2D eigenvalue weighted by atomic mass is 9.89. The number of rotatable bonds is 5. The van der Waals surface area contributed by atoms with Crippen LogP contribution in [-0.4, -0.2) is 63.4 Å². The third-order valence-electron chi connectivity index (χ3n) is 9.19. The molecule has 0 radical (unpaired) electrons. The molecule has 4 N–H and O–H groups in total. The number of piperidine rings is 1. The largest absolute Gasteiger partial charge is 0.387 e. The van der Waals surface area contributed by atoms with Crippen LogP contribution in [0.25, 0.3) is 28.0 Å². The van der Waals surface area contributed by atoms with Crippen molar-refractivity contribution in [2.75, 3.05) is 24.5 Å². The molecule has 0 amide bonds. The van der Waals surface area contributed by atoms with Crippen molar-refractivity contribution in [3.05, 3.63) is 76.7 Å². The molecule has 6 atom stereocenters. The fourth-order valence-electron chi connectivity index (χ4n) is 6.98. The summed E-state index contributed by atoms with van der Waals surface area (Å²) < 4.78 is 42.8. The van der Waals surface area contributed by atoms with Gasteiger partial charge in [-0.3, -0.25) is 5.10 Å². The first-order chi connectivity index (χ1) is 19.8. The number of aromatic amines is 1. The molecule has 212 valence electrons. The highest BCUT2D eigenvalue weighted by atomic mass is 35.5. The highest BCUT2D eigenvalue weighted by molar-refractivity contribution is 6.33. The van der Waals surface area contributed by atoms with E-state index in [4.69, 9.17) is 22.3 Å². The highest BCUT2D eigenvalue weighted by Crippen LogP contribution is 2.63. The van der Waals surface area contributed by atoms with Gasteiger partial charge in [0.1, 0.15) is 41.3 Å². The van der Waals surface area contributed by atoms with Crippen LogP contribution in [-0.2, 0) is 5.41 Å². The first-order valence-electron chi connectivity index (χ1n) is 13.7. The van der Waals surface area contributed by atoms with Crippen molar-refractivity contribution in [1.29, 1.82) is 0 Å². The first-order valence-corrected chi connectivity index (χ1v) is 14.1. The van der Waals surface area contributed by atoms with Gasteiger partial charge in [-0.05, 0) is 53.2 Å². The molecule has 7 nitrogen and oxygen atoms in total. The average molecular weight is 581 g/mol. The van der Waals surface area contributed by atoms with Crippen LogP contribution in [0, 0.1) is 17.7 Å². The predicted octanol–water partition coefficient (Wildman–Crippen LogP) is 4.99. The molecular formula is C30H28ClF3N6O. The Morgan fingerprint density at radius 3 is 2.76 bits per heavy atom. The molecule has 2 aromatic heterocycles. The second-order valence-electron chi connectivity index (χ2n) is 11.2. The average Bonchev–Trinajstić information content (AvgIpc) is 3.44. The number of anilines is 1. The molecule has 2 aliphatic carbocycles. The number of alkyl halides is 2. The van der Waals surface area contributed by atoms with Gasteiger partial charge in [0.2, 0.25) is 0 Å². The maximum Gasteiger partial charge on any atom is 0.177 e. The Hall–Kier alpha value is -3.47. The van der Waals surface area contributed by atoms with Crippen LogP contribution in [0.4, 0.5) is 19.0 Å². The third kappa shape index (κ3) is 4.14. The van der Waals surface area contributed by atoms with Gasteiger partial charge in [-0.25, -0.2) is 23.1 Å². The predicted molar refractivity (Wildman–Crippen MR) is 151 cm³/mol. The highest BCUT2D eigenvalue weighted by Gasteiger charge is 2.66. The van der Waals surface area contributed by atoms with Crippen molar-refractivity contribution in [3.8, 4) is 11.3 Å². The molecular weight excluding hydrogens is 553 g/mol. The van der Waals surface area contributed by atoms with E-state index in [0.717, 1.165) is 13.0 Å². The van der Waals surface area contributed by atoms with Crippen molar-refractivity contribution in [2.24, 2.45) is 17.6 Å². The van der Waals surface area contributed by atoms with E-state index in [-0.39, 0.29) is 23.6 Å². The number of nitrogens with zero attached hydrogens (tertiary/aromatic N) is 4. The zero-order valence-corrected chi connectivity index (χ0v) is 22.7. The van der Waals surface area contributed by atoms with E-state index in [1.165, 1.54) is 12.1 Å². The summed E-state index contributed by atoms with van der Waals surface area (Å²) in [7, 11) is 0. The quantitative estimate of drug-likeness (QED) is 0.307. The number of allylic oxidation sites excluding steroid dienone is 1. The zero-order chi connectivity index (χ0) is 28.5. The van der Waals surface area contributed by atoms with Gasteiger partial charge in [0.15, 0.2) is 5.65 Å². The Bertz CT molecular complexity index is 1680. The smallest absolute Gasteiger partial charge is 0.177 e. The van der Waals surface area contributed by atoms with E-state index < -0.39 is 18.4 Å². The van der Waals surface area contributed by atoms with E-state index in [0.29, 0.717) is 69.0 Å². The molecule has 2 fully saturated rings. The lowest BCUT2D eigenvalue weighted by Crippen LogP contribution is -2.34. The lowest BCUT2D eigenvalue weighted by molar-refractivity contribution is 0.0267. The molecule has 41 heavy (non-hydrogen) atoms. The Kier molecular flexibility index (Phi) is 6.33. The van der Waals surface area contributed by atoms with E-state index in [1.54, 1.807) is 30.5 Å². The van der Waals surface area contributed by atoms with Gasteiger partial charge in [-0.2, -0.15) is 5.10 Å². The summed E-state index contributed by atoms with van der Waals surface area (Å²) in [4.78, 5) is 11.6. The summed E-state index contributed by atoms with van der Waals surface area (Å²) in [5.41, 5.74) is 9.78. The van der Waals surface area contributed by atoms with Crippen LogP contribution in [0.3, 0.4) is 0 Å². The number of aliphatic hydroxyl groups is 1. The second-order valence-corrected chi connectivity index (χ2v) is 11.6. The Balaban J connectivity index is 1.13. The number of nitrogens with one attached hydrogen (secondary N) is 1. The zero-order valence-electron chi connectivity index (χ0n) is 21.9. The molecule has 3 unspecified atom stereocenters. The number of fused-ring (bicyclic) bond motifs is 2. The number of hydrogen-bond acceptors (Lipinski definition) is 6. The van der Waals surface area contributed by atoms with Crippen LogP contribution in [0.1, 0.15) is 24.0 Å². The minimum atomic E-state index is -1.77. The van der Waals surface area contributed by atoms with Crippen molar-refractivity contribution in [1.82, 2.24) is 20.2 Å². The van der Waals surface area contributed by atoms with E-state index in [2.05, 4.69) is 20.1 Å². The van der Waals surface area contributed by atoms with Crippen LogP contribution in [0.15, 0.2) is 54.7 Å². The number of aromatic nitrogens is 4. The van der Waals surface area contributed by atoms with Gasteiger partial charge in [0.05, 0.1) is 11.2 Å². The molecule has 1 saturated heterocycles. The standard InChI is InChI=1S/C30H28ClF3N6O/c31-21-9-15(16-10-23(33)28(41)24(34)11-16)5-6-17(21)26-27-29(39-38-26)37-25(12-36-27)40-8-7-18-20(13-40)30(18,14-35)19-3-1-2-4-22(19)32/h1-6,9-10,12,18,20,23-24,28,41H,7-8,11,13-14,35H2,(H,37,38,39)/t18-,20+,23?,24?,28?,30-/m1/s1. The molecule has 11 heteroatoms. The molecule has 2 aromatic carbocycles. The number of hydrogen-bond donors (Lipinski definition) is 3. The Morgan fingerprint density at radius 1 is 1.17 bits per heavy atom. The Morgan fingerprint density at radius 2 is 2.00 bits per heavy atom. The topological polar surface area (TPSA) is 104 Å². The summed E-state index contributed by atoms with van der Waals surface area (Å²) >= 11 is 6.61. The summed E-state index contributed by atoms with van der Waals surface area (Å²) in [6, 6.07) is 12.0. The van der Waals surface area contributed by atoms with Crippen LogP contribution >= 0.6 is 11.6 Å². The van der Waals surface area contributed by atoms with Gasteiger partial charge < -0.3 is 15.7 Å². The van der Waals surface area contributed by atoms with Gasteiger partial charge in [0.25, 0.3) is 0 Å². The molecule has 3 aliphatic rings. The van der Waals surface area contributed by atoms with Gasteiger partial charge in [0, 0.05) is 37.0 Å². The molecule has 7 rings (SSSR count). The van der Waals surface area contributed by atoms with Crippen molar-refractivity contribution < 1.29 is 18.3 Å². The van der Waals surface area contributed by atoms with Crippen molar-refractivity contribution >= 4 is 34.2 Å². The van der Waals surface area contributed by atoms with Crippen LogP contribution in [0.5, 0.6) is 0 Å². The lowest BCUT2D eigenvalue weighted by Gasteiger charge is -2.26. The van der Waals surface area contributed by atoms with E-state index >= 15 is 0 Å². The SMILES string of the molecule is NC[C@]1(c2ccccc2F)[C@@H]2CCN(c3cnc4c(-c5ccc(C6=CC(F)C(O)C(F)C6)cc5Cl)n[nH]c4n3)C[C@@H]21. The van der Waals surface area contributed by atoms with Crippen molar-refractivity contribution in [3.63, 3.8) is 0 Å². The minimum Gasteiger partial charge on any atom is -0.387 e.